The molecule has 0 radical (unpaired) electrons. The Labute approximate surface area is 133 Å². The zero-order valence-electron chi connectivity index (χ0n) is 13.6. The molecule has 3 atom stereocenters. The summed E-state index contributed by atoms with van der Waals surface area (Å²) in [5, 5.41) is 0. The summed E-state index contributed by atoms with van der Waals surface area (Å²) in [6, 6.07) is 20.8. The number of hydrogen-bond donors (Lipinski definition) is 0. The minimum Gasteiger partial charge on any atom is -0.283 e. The van der Waals surface area contributed by atoms with E-state index in [0.29, 0.717) is 12.1 Å². The van der Waals surface area contributed by atoms with E-state index in [9.17, 15) is 0 Å². The molecule has 3 unspecified atom stereocenters. The molecule has 0 amide bonds. The largest absolute Gasteiger partial charge is 0.283 e. The lowest BCUT2D eigenvalue weighted by Crippen LogP contribution is -2.12. The molecule has 2 aliphatic heterocycles. The van der Waals surface area contributed by atoms with E-state index in [4.69, 9.17) is 0 Å². The minimum absolute atomic E-state index is 0.283. The van der Waals surface area contributed by atoms with Gasteiger partial charge in [0, 0.05) is 12.6 Å². The summed E-state index contributed by atoms with van der Waals surface area (Å²) >= 11 is 0. The zero-order valence-corrected chi connectivity index (χ0v) is 13.6. The van der Waals surface area contributed by atoms with Crippen LogP contribution in [-0.2, 0) is 0 Å². The highest BCUT2D eigenvalue weighted by molar-refractivity contribution is 5.64. The van der Waals surface area contributed by atoms with Crippen molar-refractivity contribution in [3.63, 3.8) is 0 Å². The molecule has 1 fully saturated rings. The van der Waals surface area contributed by atoms with Crippen molar-refractivity contribution in [3.05, 3.63) is 71.8 Å². The van der Waals surface area contributed by atoms with Crippen molar-refractivity contribution in [2.24, 2.45) is 5.41 Å². The van der Waals surface area contributed by atoms with Crippen LogP contribution in [0.1, 0.15) is 32.4 Å². The molecule has 2 aliphatic rings. The molecule has 0 bridgehead atoms. The van der Waals surface area contributed by atoms with Gasteiger partial charge in [0.25, 0.3) is 0 Å². The van der Waals surface area contributed by atoms with Crippen molar-refractivity contribution in [2.75, 3.05) is 6.54 Å². The quantitative estimate of drug-likeness (QED) is 0.551. The van der Waals surface area contributed by atoms with E-state index in [1.807, 2.05) is 0 Å². The van der Waals surface area contributed by atoms with E-state index in [0.717, 1.165) is 0 Å². The van der Waals surface area contributed by atoms with Crippen molar-refractivity contribution in [1.82, 2.24) is 4.90 Å². The summed E-state index contributed by atoms with van der Waals surface area (Å²) < 4.78 is 0. The van der Waals surface area contributed by atoms with Crippen molar-refractivity contribution >= 4 is 0 Å². The van der Waals surface area contributed by atoms with Crippen molar-refractivity contribution in [3.8, 4) is 11.1 Å². The summed E-state index contributed by atoms with van der Waals surface area (Å²) in [5.74, 6) is 0. The summed E-state index contributed by atoms with van der Waals surface area (Å²) in [6.07, 6.45) is 2.50. The molecule has 4 rings (SSSR count). The van der Waals surface area contributed by atoms with Gasteiger partial charge >= 0.3 is 0 Å². The Morgan fingerprint density at radius 1 is 0.909 bits per heavy atom. The standard InChI is InChI=1S/C21H23N/c1-21(2,3)18-13-19(22-14-20(18)22)17-11-7-10-16(12-17)15-8-5-4-6-9-15/h4-13,19-20H,14H2,1-3H3. The highest BCUT2D eigenvalue weighted by Crippen LogP contribution is 2.50. The third-order valence-corrected chi connectivity index (χ3v) is 4.91. The molecule has 0 aliphatic carbocycles. The normalized spacial score (nSPS) is 26.5. The molecule has 0 spiro atoms. The van der Waals surface area contributed by atoms with Crippen LogP contribution in [-0.4, -0.2) is 17.5 Å². The first kappa shape index (κ1) is 13.8. The van der Waals surface area contributed by atoms with Crippen molar-refractivity contribution in [1.29, 1.82) is 0 Å². The number of nitrogens with zero attached hydrogens (tertiary/aromatic N) is 1. The van der Waals surface area contributed by atoms with Gasteiger partial charge in [0.15, 0.2) is 0 Å². The van der Waals surface area contributed by atoms with Gasteiger partial charge in [0.05, 0.1) is 6.04 Å². The van der Waals surface area contributed by atoms with Gasteiger partial charge in [0.1, 0.15) is 0 Å². The first-order valence-electron chi connectivity index (χ1n) is 8.17. The van der Waals surface area contributed by atoms with Crippen molar-refractivity contribution < 1.29 is 0 Å². The van der Waals surface area contributed by atoms with Crippen LogP contribution in [0, 0.1) is 5.41 Å². The zero-order chi connectivity index (χ0) is 15.3. The molecule has 22 heavy (non-hydrogen) atoms. The molecule has 0 aromatic heterocycles. The van der Waals surface area contributed by atoms with Crippen LogP contribution in [0.4, 0.5) is 0 Å². The van der Waals surface area contributed by atoms with E-state index >= 15 is 0 Å². The Balaban J connectivity index is 1.69. The Morgan fingerprint density at radius 2 is 1.64 bits per heavy atom. The highest BCUT2D eigenvalue weighted by atomic mass is 15.3. The second-order valence-corrected chi connectivity index (χ2v) is 7.52. The average Bonchev–Trinajstić information content (AvgIpc) is 3.20. The van der Waals surface area contributed by atoms with E-state index in [1.165, 1.54) is 23.2 Å². The molecule has 1 saturated heterocycles. The van der Waals surface area contributed by atoms with E-state index < -0.39 is 0 Å². The summed E-state index contributed by atoms with van der Waals surface area (Å²) in [5.41, 5.74) is 5.93. The van der Waals surface area contributed by atoms with Crippen LogP contribution in [0.15, 0.2) is 66.2 Å². The lowest BCUT2D eigenvalue weighted by Gasteiger charge is -2.20. The Morgan fingerprint density at radius 3 is 2.32 bits per heavy atom. The SMILES string of the molecule is CC(C)(C)C1=CC(c2cccc(-c3ccccc3)c2)N2CC12. The Bertz CT molecular complexity index is 721. The van der Waals surface area contributed by atoms with Crippen LogP contribution in [0.25, 0.3) is 11.1 Å². The van der Waals surface area contributed by atoms with Crippen LogP contribution < -0.4 is 0 Å². The van der Waals surface area contributed by atoms with Crippen LogP contribution in [0.5, 0.6) is 0 Å². The first-order valence-corrected chi connectivity index (χ1v) is 8.17. The summed E-state index contributed by atoms with van der Waals surface area (Å²) in [6.45, 7) is 8.22. The lowest BCUT2D eigenvalue weighted by atomic mass is 9.84. The molecule has 112 valence electrons. The summed E-state index contributed by atoms with van der Waals surface area (Å²) in [7, 11) is 0. The second kappa shape index (κ2) is 4.82. The van der Waals surface area contributed by atoms with Gasteiger partial charge in [-0.05, 0) is 33.7 Å². The molecule has 2 aromatic rings. The molecular weight excluding hydrogens is 266 g/mol. The maximum absolute atomic E-state index is 2.60. The van der Waals surface area contributed by atoms with Gasteiger partial charge in [-0.1, -0.05) is 75.4 Å². The maximum Gasteiger partial charge on any atom is 0.0542 e. The van der Waals surface area contributed by atoms with Gasteiger partial charge in [-0.3, -0.25) is 4.90 Å². The fourth-order valence-electron chi connectivity index (χ4n) is 3.68. The van der Waals surface area contributed by atoms with Crippen molar-refractivity contribution in [2.45, 2.75) is 32.9 Å². The highest BCUT2D eigenvalue weighted by Gasteiger charge is 2.49. The third-order valence-electron chi connectivity index (χ3n) is 4.91. The van der Waals surface area contributed by atoms with Gasteiger partial charge in [0.2, 0.25) is 0 Å². The predicted octanol–water partition coefficient (Wildman–Crippen LogP) is 5.07. The number of hydrogen-bond acceptors (Lipinski definition) is 1. The van der Waals surface area contributed by atoms with Gasteiger partial charge < -0.3 is 0 Å². The number of rotatable bonds is 2. The molecule has 1 nitrogen and oxygen atoms in total. The molecule has 0 N–H and O–H groups in total. The molecule has 0 saturated carbocycles. The van der Waals surface area contributed by atoms with Gasteiger partial charge in [-0.15, -0.1) is 0 Å². The van der Waals surface area contributed by atoms with Crippen LogP contribution in [0.2, 0.25) is 0 Å². The van der Waals surface area contributed by atoms with Gasteiger partial charge in [-0.25, -0.2) is 0 Å². The third kappa shape index (κ3) is 2.30. The van der Waals surface area contributed by atoms with E-state index in [1.54, 1.807) is 5.57 Å². The molecule has 1 heteroatoms. The molecule has 2 aromatic carbocycles. The maximum atomic E-state index is 2.60. The molecular formula is C21H23N. The first-order chi connectivity index (χ1) is 10.5. The number of fused-ring (bicyclic) bond motifs is 1. The second-order valence-electron chi connectivity index (χ2n) is 7.52. The monoisotopic (exact) mass is 289 g/mol. The fourth-order valence-corrected chi connectivity index (χ4v) is 3.68. The van der Waals surface area contributed by atoms with E-state index in [-0.39, 0.29) is 5.41 Å². The Kier molecular flexibility index (Phi) is 3.02. The van der Waals surface area contributed by atoms with Crippen LogP contribution >= 0.6 is 0 Å². The average molecular weight is 289 g/mol. The smallest absolute Gasteiger partial charge is 0.0542 e. The van der Waals surface area contributed by atoms with Gasteiger partial charge in [-0.2, -0.15) is 0 Å². The number of benzene rings is 2. The molecule has 2 heterocycles. The lowest BCUT2D eigenvalue weighted by molar-refractivity contribution is 0.459. The fraction of sp³-hybridized carbons (Fsp3) is 0.333. The van der Waals surface area contributed by atoms with E-state index in [2.05, 4.69) is 86.3 Å². The Hall–Kier alpha value is -1.86. The predicted molar refractivity (Wildman–Crippen MR) is 92.7 cm³/mol. The topological polar surface area (TPSA) is 3.01 Å². The van der Waals surface area contributed by atoms with Crippen LogP contribution in [0.3, 0.4) is 0 Å². The summed E-state index contributed by atoms with van der Waals surface area (Å²) in [4.78, 5) is 2.60. The minimum atomic E-state index is 0.283.